The largest absolute Gasteiger partial charge is 0.453 e. The lowest BCUT2D eigenvalue weighted by atomic mass is 10.2. The van der Waals surface area contributed by atoms with E-state index in [1.807, 2.05) is 0 Å². The maximum absolute atomic E-state index is 12.5. The summed E-state index contributed by atoms with van der Waals surface area (Å²) in [6, 6.07) is 11.4. The third-order valence-electron chi connectivity index (χ3n) is 2.78. The summed E-state index contributed by atoms with van der Waals surface area (Å²) in [5.41, 5.74) is -0.816. The van der Waals surface area contributed by atoms with E-state index in [0.29, 0.717) is 11.5 Å². The van der Waals surface area contributed by atoms with Crippen molar-refractivity contribution in [2.24, 2.45) is 0 Å². The molecule has 4 rings (SSSR count). The highest BCUT2D eigenvalue weighted by atomic mass is 35.5. The van der Waals surface area contributed by atoms with Crippen LogP contribution < -0.4 is 9.47 Å². The van der Waals surface area contributed by atoms with Gasteiger partial charge in [0.1, 0.15) is 17.9 Å². The molecule has 2 bridgehead atoms. The summed E-state index contributed by atoms with van der Waals surface area (Å²) in [7, 11) is 0. The highest BCUT2D eigenvalue weighted by Gasteiger charge is 2.31. The molecule has 2 aromatic rings. The minimum atomic E-state index is -4.43. The molecule has 8 heteroatoms. The number of ether oxygens (including phenoxy) is 2. The van der Waals surface area contributed by atoms with Gasteiger partial charge in [-0.05, 0) is 30.3 Å². The Kier molecular flexibility index (Phi) is 5.18. The molecule has 2 aliphatic rings. The summed E-state index contributed by atoms with van der Waals surface area (Å²) >= 11 is 5.79. The normalized spacial score (nSPS) is 10.9. The zero-order valence-electron chi connectivity index (χ0n) is 11.9. The van der Waals surface area contributed by atoms with E-state index in [4.69, 9.17) is 31.6 Å². The van der Waals surface area contributed by atoms with Crippen LogP contribution >= 0.6 is 11.6 Å². The van der Waals surface area contributed by atoms with Crippen LogP contribution in [0.2, 0.25) is 5.02 Å². The Bertz CT molecular complexity index is 823. The average molecular weight is 353 g/mol. The van der Waals surface area contributed by atoms with Gasteiger partial charge in [0.15, 0.2) is 11.5 Å². The van der Waals surface area contributed by atoms with Crippen molar-refractivity contribution >= 4 is 11.6 Å². The van der Waals surface area contributed by atoms with Crippen molar-refractivity contribution in [3.05, 3.63) is 47.0 Å². The summed E-state index contributed by atoms with van der Waals surface area (Å²) in [5, 5.41) is 15.1. The van der Waals surface area contributed by atoms with Crippen LogP contribution in [0.4, 0.5) is 13.2 Å². The fourth-order valence-corrected chi connectivity index (χ4v) is 1.92. The quantitative estimate of drug-likeness (QED) is 0.595. The summed E-state index contributed by atoms with van der Waals surface area (Å²) in [6.07, 6.45) is -4.43. The molecule has 0 fully saturated rings. The zero-order valence-corrected chi connectivity index (χ0v) is 12.6. The van der Waals surface area contributed by atoms with Crippen molar-refractivity contribution in [3.8, 4) is 35.1 Å². The van der Waals surface area contributed by atoms with Crippen molar-refractivity contribution < 1.29 is 22.6 Å². The van der Waals surface area contributed by atoms with Crippen molar-refractivity contribution in [2.45, 2.75) is 12.6 Å². The highest BCUT2D eigenvalue weighted by Crippen LogP contribution is 2.45. The molecular formula is C16H8ClF3N2O2. The Morgan fingerprint density at radius 2 is 1.67 bits per heavy atom. The number of hydrogen-bond acceptors (Lipinski definition) is 4. The number of nitriles is 2. The minimum absolute atomic E-state index is 0. The first-order valence-corrected chi connectivity index (χ1v) is 6.83. The van der Waals surface area contributed by atoms with E-state index >= 15 is 0 Å². The van der Waals surface area contributed by atoms with E-state index in [1.54, 1.807) is 30.3 Å². The monoisotopic (exact) mass is 352 g/mol. The van der Waals surface area contributed by atoms with Crippen LogP contribution in [0.5, 0.6) is 23.0 Å². The van der Waals surface area contributed by atoms with Crippen LogP contribution in [0, 0.1) is 22.7 Å². The van der Waals surface area contributed by atoms with Gasteiger partial charge in [-0.1, -0.05) is 11.6 Å². The van der Waals surface area contributed by atoms with E-state index in [-0.39, 0.29) is 17.2 Å². The standard InChI is InChI=1S/C13H6ClF3O2.C3H2N2/c14-9-5-7(13(15,16)17)1-3-10(9)19-11-4-2-8-6-12(11)18-8;4-2-1-3-5/h1-6H;1H2. The number of alkyl halides is 3. The van der Waals surface area contributed by atoms with Crippen LogP contribution in [0.3, 0.4) is 0 Å². The molecule has 0 saturated heterocycles. The second-order valence-corrected chi connectivity index (χ2v) is 4.86. The molecule has 0 radical (unpaired) electrons. The molecule has 2 aliphatic heterocycles. The molecule has 122 valence electrons. The van der Waals surface area contributed by atoms with Gasteiger partial charge < -0.3 is 9.47 Å². The van der Waals surface area contributed by atoms with Gasteiger partial charge in [-0.3, -0.25) is 0 Å². The van der Waals surface area contributed by atoms with Crippen molar-refractivity contribution in [1.82, 2.24) is 0 Å². The Balaban J connectivity index is 0.000000368. The van der Waals surface area contributed by atoms with Crippen LogP contribution in [0.15, 0.2) is 36.4 Å². The van der Waals surface area contributed by atoms with E-state index in [1.165, 1.54) is 6.07 Å². The maximum Gasteiger partial charge on any atom is 0.416 e. The first-order chi connectivity index (χ1) is 11.3. The zero-order chi connectivity index (χ0) is 17.7. The van der Waals surface area contributed by atoms with E-state index in [2.05, 4.69) is 0 Å². The number of fused-ring (bicyclic) bond motifs is 2. The molecule has 24 heavy (non-hydrogen) atoms. The number of hydrogen-bond donors (Lipinski definition) is 0. The molecule has 4 nitrogen and oxygen atoms in total. The van der Waals surface area contributed by atoms with Gasteiger partial charge >= 0.3 is 6.18 Å². The van der Waals surface area contributed by atoms with Crippen LogP contribution in [-0.2, 0) is 6.18 Å². The number of nitrogens with zero attached hydrogens (tertiary/aromatic N) is 2. The second kappa shape index (κ2) is 7.12. The molecule has 0 unspecified atom stereocenters. The van der Waals surface area contributed by atoms with Crippen molar-refractivity contribution in [1.29, 1.82) is 10.5 Å². The molecule has 0 atom stereocenters. The molecule has 0 aliphatic carbocycles. The molecule has 0 aromatic heterocycles. The molecule has 2 heterocycles. The minimum Gasteiger partial charge on any atom is -0.453 e. The number of benzene rings is 2. The summed E-state index contributed by atoms with van der Waals surface area (Å²) in [6.45, 7) is 0. The lowest BCUT2D eigenvalue weighted by Gasteiger charge is -2.20. The molecular weight excluding hydrogens is 345 g/mol. The van der Waals surface area contributed by atoms with Gasteiger partial charge in [-0.15, -0.1) is 0 Å². The van der Waals surface area contributed by atoms with Gasteiger partial charge in [0, 0.05) is 6.07 Å². The summed E-state index contributed by atoms with van der Waals surface area (Å²) in [5.74, 6) is 1.82. The average Bonchev–Trinajstić information content (AvgIpc) is 2.49. The Hall–Kier alpha value is -2.90. The molecule has 0 saturated carbocycles. The highest BCUT2D eigenvalue weighted by molar-refractivity contribution is 6.32. The smallest absolute Gasteiger partial charge is 0.416 e. The Morgan fingerprint density at radius 3 is 2.08 bits per heavy atom. The lowest BCUT2D eigenvalue weighted by molar-refractivity contribution is -0.137. The fraction of sp³-hybridized carbons (Fsp3) is 0.125. The first-order valence-electron chi connectivity index (χ1n) is 6.45. The van der Waals surface area contributed by atoms with E-state index < -0.39 is 11.7 Å². The second-order valence-electron chi connectivity index (χ2n) is 4.45. The molecule has 0 N–H and O–H groups in total. The Labute approximate surface area is 140 Å². The van der Waals surface area contributed by atoms with Crippen LogP contribution in [-0.4, -0.2) is 0 Å². The molecule has 0 amide bonds. The third-order valence-corrected chi connectivity index (χ3v) is 3.08. The fourth-order valence-electron chi connectivity index (χ4n) is 1.70. The van der Waals surface area contributed by atoms with Crippen molar-refractivity contribution in [3.63, 3.8) is 0 Å². The number of halogens is 4. The van der Waals surface area contributed by atoms with Gasteiger partial charge in [0.25, 0.3) is 0 Å². The van der Waals surface area contributed by atoms with Gasteiger partial charge in [-0.25, -0.2) is 0 Å². The summed E-state index contributed by atoms with van der Waals surface area (Å²) in [4.78, 5) is 0. The number of rotatable bonds is 2. The van der Waals surface area contributed by atoms with E-state index in [9.17, 15) is 13.2 Å². The topological polar surface area (TPSA) is 66.0 Å². The van der Waals surface area contributed by atoms with Crippen LogP contribution in [0.25, 0.3) is 0 Å². The van der Waals surface area contributed by atoms with Gasteiger partial charge in [-0.2, -0.15) is 23.7 Å². The Morgan fingerprint density at radius 1 is 1.04 bits per heavy atom. The SMILES string of the molecule is FC(F)(F)c1ccc(Oc2ccc3cc2O3)c(Cl)c1.N#CCC#N. The van der Waals surface area contributed by atoms with Gasteiger partial charge in [0.05, 0.1) is 22.7 Å². The lowest BCUT2D eigenvalue weighted by Crippen LogP contribution is -2.04. The van der Waals surface area contributed by atoms with Crippen molar-refractivity contribution in [2.75, 3.05) is 0 Å². The van der Waals surface area contributed by atoms with Gasteiger partial charge in [0.2, 0.25) is 0 Å². The van der Waals surface area contributed by atoms with Crippen LogP contribution in [0.1, 0.15) is 12.0 Å². The molecule has 2 aromatic carbocycles. The first kappa shape index (κ1) is 17.5. The predicted octanol–water partition coefficient (Wildman–Crippen LogP) is 5.68. The third kappa shape index (κ3) is 4.09. The summed E-state index contributed by atoms with van der Waals surface area (Å²) < 4.78 is 48.0. The van der Waals surface area contributed by atoms with E-state index in [0.717, 1.165) is 17.9 Å². The predicted molar refractivity (Wildman–Crippen MR) is 78.9 cm³/mol. The molecule has 0 spiro atoms. The maximum atomic E-state index is 12.5.